The van der Waals surface area contributed by atoms with E-state index in [0.717, 1.165) is 0 Å². The summed E-state index contributed by atoms with van der Waals surface area (Å²) in [5, 5.41) is 0. The van der Waals surface area contributed by atoms with Gasteiger partial charge in [-0.25, -0.2) is 0 Å². The summed E-state index contributed by atoms with van der Waals surface area (Å²) in [4.78, 5) is 0. The van der Waals surface area contributed by atoms with E-state index >= 15 is 0 Å². The summed E-state index contributed by atoms with van der Waals surface area (Å²) < 4.78 is 39.0. The Labute approximate surface area is 301 Å². The van der Waals surface area contributed by atoms with E-state index < -0.39 is 14.5 Å². The lowest BCUT2D eigenvalue weighted by Gasteiger charge is -2.28. The second-order valence-corrected chi connectivity index (χ2v) is 19.8. The second-order valence-electron chi connectivity index (χ2n) is 15.3. The molecule has 0 aliphatic rings. The van der Waals surface area contributed by atoms with Gasteiger partial charge < -0.3 is 17.3 Å². The van der Waals surface area contributed by atoms with Crippen molar-refractivity contribution in [3.8, 4) is 0 Å². The van der Waals surface area contributed by atoms with Gasteiger partial charge in [-0.05, 0) is 51.4 Å². The molecule has 0 saturated carbocycles. The van der Waals surface area contributed by atoms with Crippen LogP contribution in [0.4, 0.5) is 17.3 Å². The molecular formula is C42H88BF4P. The molecule has 6 heteroatoms. The van der Waals surface area contributed by atoms with Crippen LogP contribution < -0.4 is 0 Å². The molecule has 0 radical (unpaired) electrons. The highest BCUT2D eigenvalue weighted by Crippen LogP contribution is 2.61. The Kier molecular flexibility index (Phi) is 41.9. The molecular weight excluding hydrogens is 622 g/mol. The summed E-state index contributed by atoms with van der Waals surface area (Å²) in [6, 6.07) is 0. The first-order valence-corrected chi connectivity index (χ1v) is 24.5. The van der Waals surface area contributed by atoms with Gasteiger partial charge in [-0.15, -0.1) is 0 Å². The maximum atomic E-state index is 9.75. The molecule has 0 aromatic heterocycles. The first kappa shape index (κ1) is 50.3. The third-order valence-electron chi connectivity index (χ3n) is 10.4. The molecule has 0 N–H and O–H groups in total. The van der Waals surface area contributed by atoms with Crippen LogP contribution in [0, 0.1) is 0 Å². The van der Waals surface area contributed by atoms with Crippen molar-refractivity contribution in [3.05, 3.63) is 0 Å². The van der Waals surface area contributed by atoms with Crippen molar-refractivity contribution in [3.63, 3.8) is 0 Å². The molecule has 0 aromatic rings. The van der Waals surface area contributed by atoms with Crippen molar-refractivity contribution in [2.75, 3.05) is 24.6 Å². The average molecular weight is 711 g/mol. The first-order chi connectivity index (χ1) is 23.2. The van der Waals surface area contributed by atoms with Gasteiger partial charge >= 0.3 is 7.25 Å². The summed E-state index contributed by atoms with van der Waals surface area (Å²) in [7, 11) is -6.75. The standard InChI is InChI=1S/C42H88P.BF4/c1-5-9-13-17-21-22-23-24-25-26-27-28-29-30-34-38-42-43(39-35-31-18-14-10-6-2,40-36-32-19-15-11-7-3)41-37-33-20-16-12-8-4;2-1(3,4)5/h5-42H2,1-4H3;/q+1;-1. The molecule has 0 bridgehead atoms. The number of hydrogen-bond acceptors (Lipinski definition) is 0. The Morgan fingerprint density at radius 2 is 0.375 bits per heavy atom. The summed E-state index contributed by atoms with van der Waals surface area (Å²) >= 11 is 0. The van der Waals surface area contributed by atoms with Gasteiger partial charge in [-0.2, -0.15) is 0 Å². The predicted molar refractivity (Wildman–Crippen MR) is 216 cm³/mol. The van der Waals surface area contributed by atoms with E-state index in [1.54, 1.807) is 50.3 Å². The van der Waals surface area contributed by atoms with Gasteiger partial charge in [0.25, 0.3) is 0 Å². The Morgan fingerprint density at radius 1 is 0.250 bits per heavy atom. The molecule has 0 aromatic carbocycles. The lowest BCUT2D eigenvalue weighted by atomic mass is 10.0. The van der Waals surface area contributed by atoms with Gasteiger partial charge in [0.2, 0.25) is 0 Å². The van der Waals surface area contributed by atoms with Crippen LogP contribution in [0.5, 0.6) is 0 Å². The Hall–Kier alpha value is 0.215. The van der Waals surface area contributed by atoms with Gasteiger partial charge in [0.05, 0.1) is 24.6 Å². The minimum Gasteiger partial charge on any atom is -0.418 e. The average Bonchev–Trinajstić information content (AvgIpc) is 3.05. The van der Waals surface area contributed by atoms with Crippen LogP contribution in [0.3, 0.4) is 0 Å². The van der Waals surface area contributed by atoms with Gasteiger partial charge in [0.1, 0.15) is 0 Å². The summed E-state index contributed by atoms with van der Waals surface area (Å²) in [5.41, 5.74) is 0. The summed E-state index contributed by atoms with van der Waals surface area (Å²) in [6.07, 6.45) is 57.2. The molecule has 0 rings (SSSR count). The molecule has 0 saturated heterocycles. The van der Waals surface area contributed by atoms with Crippen LogP contribution in [0.25, 0.3) is 0 Å². The van der Waals surface area contributed by atoms with Gasteiger partial charge in [-0.3, -0.25) is 0 Å². The largest absolute Gasteiger partial charge is 0.673 e. The molecule has 0 fully saturated rings. The molecule has 0 heterocycles. The highest BCUT2D eigenvalue weighted by atomic mass is 31.2. The fourth-order valence-electron chi connectivity index (χ4n) is 7.35. The Morgan fingerprint density at radius 3 is 0.521 bits per heavy atom. The maximum Gasteiger partial charge on any atom is 0.673 e. The first-order valence-electron chi connectivity index (χ1n) is 22.0. The summed E-state index contributed by atoms with van der Waals surface area (Å²) in [5.74, 6) is 0. The number of rotatable bonds is 38. The molecule has 292 valence electrons. The number of halogens is 4. The van der Waals surface area contributed by atoms with Gasteiger partial charge in [0.15, 0.2) is 0 Å². The molecule has 0 spiro atoms. The normalized spacial score (nSPS) is 12.0. The van der Waals surface area contributed by atoms with Crippen molar-refractivity contribution in [1.82, 2.24) is 0 Å². The fourth-order valence-corrected chi connectivity index (χ4v) is 12.3. The molecule has 0 unspecified atom stereocenters. The Balaban J connectivity index is 0. The van der Waals surface area contributed by atoms with Crippen molar-refractivity contribution in [2.24, 2.45) is 0 Å². The summed E-state index contributed by atoms with van der Waals surface area (Å²) in [6.45, 7) is 9.39. The zero-order valence-corrected chi connectivity index (χ0v) is 34.3. The van der Waals surface area contributed by atoms with E-state index in [9.17, 15) is 17.3 Å². The predicted octanol–water partition coefficient (Wildman–Crippen LogP) is 17.6. The molecule has 48 heavy (non-hydrogen) atoms. The van der Waals surface area contributed by atoms with E-state index in [0.29, 0.717) is 0 Å². The lowest BCUT2D eigenvalue weighted by molar-refractivity contribution is 0.368. The quantitative estimate of drug-likeness (QED) is 0.0259. The van der Waals surface area contributed by atoms with Crippen LogP contribution in [-0.2, 0) is 0 Å². The van der Waals surface area contributed by atoms with Crippen LogP contribution in [-0.4, -0.2) is 31.9 Å². The van der Waals surface area contributed by atoms with Gasteiger partial charge in [0, 0.05) is 7.26 Å². The van der Waals surface area contributed by atoms with E-state index in [-0.39, 0.29) is 0 Å². The van der Waals surface area contributed by atoms with Crippen molar-refractivity contribution < 1.29 is 17.3 Å². The van der Waals surface area contributed by atoms with Gasteiger partial charge in [-0.1, -0.05) is 195 Å². The molecule has 0 atom stereocenters. The molecule has 0 aliphatic heterocycles. The second kappa shape index (κ2) is 40.0. The SMILES string of the molecule is CCCCCCCCCCCCCCCCCC[P+](CCCCCCCC)(CCCCCCCC)CCCCCCCC.F[B-](F)(F)F. The van der Waals surface area contributed by atoms with E-state index in [1.807, 2.05) is 0 Å². The van der Waals surface area contributed by atoms with Crippen LogP contribution in [0.1, 0.15) is 246 Å². The van der Waals surface area contributed by atoms with E-state index in [2.05, 4.69) is 27.7 Å². The molecule has 0 amide bonds. The number of unbranched alkanes of at least 4 members (excludes halogenated alkanes) is 30. The van der Waals surface area contributed by atoms with E-state index in [4.69, 9.17) is 0 Å². The van der Waals surface area contributed by atoms with Crippen molar-refractivity contribution in [1.29, 1.82) is 0 Å². The fraction of sp³-hybridized carbons (Fsp3) is 1.00. The van der Waals surface area contributed by atoms with Crippen molar-refractivity contribution in [2.45, 2.75) is 246 Å². The maximum absolute atomic E-state index is 9.75. The zero-order valence-electron chi connectivity index (χ0n) is 33.4. The molecule has 0 nitrogen and oxygen atoms in total. The smallest absolute Gasteiger partial charge is 0.418 e. The highest BCUT2D eigenvalue weighted by Gasteiger charge is 2.35. The monoisotopic (exact) mass is 711 g/mol. The minimum absolute atomic E-state index is 0.751. The topological polar surface area (TPSA) is 0 Å². The van der Waals surface area contributed by atoms with Crippen LogP contribution in [0.2, 0.25) is 0 Å². The number of hydrogen-bond donors (Lipinski definition) is 0. The Bertz CT molecular complexity index is 540. The lowest BCUT2D eigenvalue weighted by Crippen LogP contribution is -2.13. The third kappa shape index (κ3) is 44.2. The minimum atomic E-state index is -6.00. The van der Waals surface area contributed by atoms with Crippen LogP contribution >= 0.6 is 7.26 Å². The third-order valence-corrected chi connectivity index (χ3v) is 15.5. The zero-order chi connectivity index (χ0) is 35.9. The molecule has 0 aliphatic carbocycles. The van der Waals surface area contributed by atoms with E-state index in [1.165, 1.54) is 193 Å². The highest BCUT2D eigenvalue weighted by molar-refractivity contribution is 7.75. The van der Waals surface area contributed by atoms with Crippen molar-refractivity contribution >= 4 is 14.5 Å². The van der Waals surface area contributed by atoms with Crippen LogP contribution in [0.15, 0.2) is 0 Å².